The largest absolute Gasteiger partial charge is 0.354 e. The third-order valence-electron chi connectivity index (χ3n) is 3.46. The van der Waals surface area contributed by atoms with Crippen LogP contribution in [0.15, 0.2) is 48.5 Å². The number of carbonyl (C=O) groups excluding carboxylic acids is 1. The van der Waals surface area contributed by atoms with Crippen LogP contribution in [0.3, 0.4) is 0 Å². The van der Waals surface area contributed by atoms with Gasteiger partial charge >= 0.3 is 0 Å². The molecule has 1 N–H and O–H groups in total. The van der Waals surface area contributed by atoms with Crippen molar-refractivity contribution in [3.8, 4) is 0 Å². The van der Waals surface area contributed by atoms with E-state index in [0.29, 0.717) is 6.42 Å². The average Bonchev–Trinajstić information content (AvgIpc) is 2.54. The highest BCUT2D eigenvalue weighted by Crippen LogP contribution is 2.20. The Bertz CT molecular complexity index is 839. The van der Waals surface area contributed by atoms with E-state index in [0.717, 1.165) is 22.2 Å². The summed E-state index contributed by atoms with van der Waals surface area (Å²) in [6.45, 7) is -0.275. The number of rotatable bonds is 7. The van der Waals surface area contributed by atoms with Gasteiger partial charge in [0.25, 0.3) is 0 Å². The van der Waals surface area contributed by atoms with Gasteiger partial charge in [0.2, 0.25) is 15.9 Å². The van der Waals surface area contributed by atoms with Crippen LogP contribution in [0.2, 0.25) is 0 Å². The lowest BCUT2D eigenvalue weighted by Crippen LogP contribution is -2.41. The van der Waals surface area contributed by atoms with E-state index < -0.39 is 28.3 Å². The Balaban J connectivity index is 1.98. The first-order valence-electron chi connectivity index (χ1n) is 7.51. The zero-order valence-electron chi connectivity index (χ0n) is 13.6. The molecule has 0 aliphatic carbocycles. The molecule has 0 bridgehead atoms. The SMILES string of the molecule is CS(=O)(=O)N(CC(=O)NCCc1ccc(F)cc1)c1ccccc1F. The third-order valence-corrected chi connectivity index (χ3v) is 4.58. The molecule has 8 heteroatoms. The second kappa shape index (κ2) is 8.06. The molecule has 2 aromatic carbocycles. The molecule has 2 rings (SSSR count). The smallest absolute Gasteiger partial charge is 0.240 e. The molecule has 25 heavy (non-hydrogen) atoms. The maximum absolute atomic E-state index is 13.9. The van der Waals surface area contributed by atoms with E-state index in [9.17, 15) is 22.0 Å². The number of sulfonamides is 1. The number of nitrogens with one attached hydrogen (secondary N) is 1. The molecule has 1 amide bonds. The van der Waals surface area contributed by atoms with E-state index in [2.05, 4.69) is 5.32 Å². The summed E-state index contributed by atoms with van der Waals surface area (Å²) in [7, 11) is -3.83. The molecule has 0 heterocycles. The zero-order valence-corrected chi connectivity index (χ0v) is 14.4. The first-order valence-corrected chi connectivity index (χ1v) is 9.35. The van der Waals surface area contributed by atoms with Crippen molar-refractivity contribution in [3.05, 3.63) is 65.7 Å². The van der Waals surface area contributed by atoms with Crippen molar-refractivity contribution in [2.45, 2.75) is 6.42 Å². The van der Waals surface area contributed by atoms with E-state index >= 15 is 0 Å². The first-order chi connectivity index (χ1) is 11.8. The summed E-state index contributed by atoms with van der Waals surface area (Å²) < 4.78 is 51.2. The van der Waals surface area contributed by atoms with Crippen molar-refractivity contribution in [2.75, 3.05) is 23.7 Å². The van der Waals surface area contributed by atoms with Crippen LogP contribution in [0.1, 0.15) is 5.56 Å². The molecule has 0 aliphatic rings. The Morgan fingerprint density at radius 1 is 1.08 bits per heavy atom. The van der Waals surface area contributed by atoms with Gasteiger partial charge in [0.15, 0.2) is 0 Å². The molecular formula is C17H18F2N2O3S. The predicted octanol–water partition coefficient (Wildman–Crippen LogP) is 2.09. The fourth-order valence-electron chi connectivity index (χ4n) is 2.22. The number of halogens is 2. The maximum atomic E-state index is 13.9. The van der Waals surface area contributed by atoms with Gasteiger partial charge < -0.3 is 5.32 Å². The minimum atomic E-state index is -3.83. The van der Waals surface area contributed by atoms with Gasteiger partial charge in [-0.25, -0.2) is 17.2 Å². The van der Waals surface area contributed by atoms with Crippen molar-refractivity contribution in [1.29, 1.82) is 0 Å². The molecule has 0 fully saturated rings. The topological polar surface area (TPSA) is 66.5 Å². The average molecular weight is 368 g/mol. The Labute approximate surface area is 145 Å². The zero-order chi connectivity index (χ0) is 18.4. The second-order valence-corrected chi connectivity index (χ2v) is 7.35. The lowest BCUT2D eigenvalue weighted by Gasteiger charge is -2.22. The van der Waals surface area contributed by atoms with Crippen LogP contribution >= 0.6 is 0 Å². The number of hydrogen-bond donors (Lipinski definition) is 1. The Morgan fingerprint density at radius 2 is 1.72 bits per heavy atom. The highest BCUT2D eigenvalue weighted by molar-refractivity contribution is 7.92. The number of anilines is 1. The van der Waals surface area contributed by atoms with Crippen LogP contribution in [-0.2, 0) is 21.2 Å². The minimum absolute atomic E-state index is 0.182. The van der Waals surface area contributed by atoms with Crippen molar-refractivity contribution >= 4 is 21.6 Å². The number of nitrogens with zero attached hydrogens (tertiary/aromatic N) is 1. The lowest BCUT2D eigenvalue weighted by molar-refractivity contribution is -0.119. The van der Waals surface area contributed by atoms with E-state index in [4.69, 9.17) is 0 Å². The lowest BCUT2D eigenvalue weighted by atomic mass is 10.1. The monoisotopic (exact) mass is 368 g/mol. The summed E-state index contributed by atoms with van der Waals surface area (Å²) in [5.74, 6) is -1.63. The molecule has 0 saturated carbocycles. The summed E-state index contributed by atoms with van der Waals surface area (Å²) in [6.07, 6.45) is 1.37. The first kappa shape index (κ1) is 18.9. The van der Waals surface area contributed by atoms with Gasteiger partial charge in [-0.05, 0) is 36.2 Å². The molecule has 0 unspecified atom stereocenters. The molecule has 0 atom stereocenters. The fraction of sp³-hybridized carbons (Fsp3) is 0.235. The molecule has 0 saturated heterocycles. The third kappa shape index (κ3) is 5.53. The van der Waals surface area contributed by atoms with Gasteiger partial charge in [-0.3, -0.25) is 9.10 Å². The molecule has 0 aromatic heterocycles. The van der Waals surface area contributed by atoms with Crippen LogP contribution < -0.4 is 9.62 Å². The predicted molar refractivity (Wildman–Crippen MR) is 91.7 cm³/mol. The highest BCUT2D eigenvalue weighted by atomic mass is 32.2. The van der Waals surface area contributed by atoms with Gasteiger partial charge in [0.1, 0.15) is 18.2 Å². The van der Waals surface area contributed by atoms with Crippen LogP contribution in [0.25, 0.3) is 0 Å². The highest BCUT2D eigenvalue weighted by Gasteiger charge is 2.23. The standard InChI is InChI=1S/C17H18F2N2O3S/c1-25(23,24)21(16-5-3-2-4-15(16)19)12-17(22)20-11-10-13-6-8-14(18)9-7-13/h2-9H,10-12H2,1H3,(H,20,22). The van der Waals surface area contributed by atoms with E-state index in [1.54, 1.807) is 12.1 Å². The Kier molecular flexibility index (Phi) is 6.08. The van der Waals surface area contributed by atoms with Gasteiger partial charge in [-0.1, -0.05) is 24.3 Å². The Morgan fingerprint density at radius 3 is 2.32 bits per heavy atom. The number of carbonyl (C=O) groups is 1. The summed E-state index contributed by atoms with van der Waals surface area (Å²) in [5, 5.41) is 2.58. The fourth-order valence-corrected chi connectivity index (χ4v) is 3.08. The van der Waals surface area contributed by atoms with Gasteiger partial charge in [-0.15, -0.1) is 0 Å². The van der Waals surface area contributed by atoms with E-state index in [-0.39, 0.29) is 18.0 Å². The Hall–Kier alpha value is -2.48. The molecule has 5 nitrogen and oxygen atoms in total. The quantitative estimate of drug-likeness (QED) is 0.814. The van der Waals surface area contributed by atoms with Crippen LogP contribution in [0, 0.1) is 11.6 Å². The summed E-state index contributed by atoms with van der Waals surface area (Å²) >= 11 is 0. The van der Waals surface area contributed by atoms with Crippen molar-refractivity contribution in [3.63, 3.8) is 0 Å². The summed E-state index contributed by atoms with van der Waals surface area (Å²) in [6, 6.07) is 11.2. The normalized spacial score (nSPS) is 11.2. The maximum Gasteiger partial charge on any atom is 0.240 e. The molecule has 2 aromatic rings. The van der Waals surface area contributed by atoms with E-state index in [1.807, 2.05) is 0 Å². The molecule has 0 spiro atoms. The molecule has 0 radical (unpaired) electrons. The number of amides is 1. The number of hydrogen-bond acceptors (Lipinski definition) is 3. The minimum Gasteiger partial charge on any atom is -0.354 e. The van der Waals surface area contributed by atoms with Crippen LogP contribution in [0.4, 0.5) is 14.5 Å². The van der Waals surface area contributed by atoms with Gasteiger partial charge in [0.05, 0.1) is 11.9 Å². The summed E-state index contributed by atoms with van der Waals surface area (Å²) in [4.78, 5) is 12.0. The molecular weight excluding hydrogens is 350 g/mol. The number of para-hydroxylation sites is 1. The van der Waals surface area contributed by atoms with Crippen molar-refractivity contribution < 1.29 is 22.0 Å². The molecule has 134 valence electrons. The van der Waals surface area contributed by atoms with Crippen molar-refractivity contribution in [1.82, 2.24) is 5.32 Å². The molecule has 0 aliphatic heterocycles. The van der Waals surface area contributed by atoms with E-state index in [1.165, 1.54) is 30.3 Å². The second-order valence-electron chi connectivity index (χ2n) is 5.45. The summed E-state index contributed by atoms with van der Waals surface area (Å²) in [5.41, 5.74) is 0.648. The van der Waals surface area contributed by atoms with Crippen molar-refractivity contribution in [2.24, 2.45) is 0 Å². The van der Waals surface area contributed by atoms with Gasteiger partial charge in [0, 0.05) is 6.54 Å². The number of benzene rings is 2. The van der Waals surface area contributed by atoms with Crippen LogP contribution in [0.5, 0.6) is 0 Å². The van der Waals surface area contributed by atoms with Crippen LogP contribution in [-0.4, -0.2) is 33.7 Å². The van der Waals surface area contributed by atoms with Gasteiger partial charge in [-0.2, -0.15) is 0 Å².